The highest BCUT2D eigenvalue weighted by atomic mass is 15.1. The highest BCUT2D eigenvalue weighted by Gasteiger charge is 2.43. The van der Waals surface area contributed by atoms with E-state index in [1.54, 1.807) is 11.1 Å². The zero-order valence-electron chi connectivity index (χ0n) is 30.4. The van der Waals surface area contributed by atoms with Crippen LogP contribution in [0.2, 0.25) is 0 Å². The maximum atomic E-state index is 4.32. The first-order valence-electron chi connectivity index (χ1n) is 17.4. The molecule has 46 heavy (non-hydrogen) atoms. The highest BCUT2D eigenvalue weighted by molar-refractivity contribution is 5.82. The molecule has 2 aromatic carbocycles. The lowest BCUT2D eigenvalue weighted by molar-refractivity contribution is 0.310. The number of rotatable bonds is 11. The molecule has 1 heteroatoms. The van der Waals surface area contributed by atoms with E-state index in [0.717, 1.165) is 25.2 Å². The minimum absolute atomic E-state index is 0.0166. The van der Waals surface area contributed by atoms with Gasteiger partial charge in [0, 0.05) is 25.2 Å². The van der Waals surface area contributed by atoms with Crippen LogP contribution in [0.1, 0.15) is 109 Å². The zero-order valence-corrected chi connectivity index (χ0v) is 30.4. The summed E-state index contributed by atoms with van der Waals surface area (Å²) in [5, 5.41) is 0. The summed E-state index contributed by atoms with van der Waals surface area (Å²) in [6.07, 6.45) is 21.5. The SMILES string of the molecule is C=C/C=C\CC(=C/N(C)C(CC)CC)/C(C=C)=C1\c2ccccc2C(C)(C)C(C=C)C1/C=C\C.CC1CC(C)(C)c2ccccc21. The van der Waals surface area contributed by atoms with Crippen molar-refractivity contribution in [1.82, 2.24) is 4.90 Å². The Morgan fingerprint density at radius 1 is 0.957 bits per heavy atom. The van der Waals surface area contributed by atoms with Crippen LogP contribution in [0.5, 0.6) is 0 Å². The third-order valence-corrected chi connectivity index (χ3v) is 10.5. The summed E-state index contributed by atoms with van der Waals surface area (Å²) in [6, 6.07) is 18.3. The average molecular weight is 616 g/mol. The van der Waals surface area contributed by atoms with E-state index in [2.05, 4.69) is 172 Å². The second-order valence-electron chi connectivity index (χ2n) is 14.3. The van der Waals surface area contributed by atoms with Gasteiger partial charge < -0.3 is 4.90 Å². The molecule has 0 saturated heterocycles. The molecule has 2 aliphatic carbocycles. The number of fused-ring (bicyclic) bond motifs is 2. The Bertz CT molecular complexity index is 1470. The predicted molar refractivity (Wildman–Crippen MR) is 205 cm³/mol. The summed E-state index contributed by atoms with van der Waals surface area (Å²) in [5.41, 5.74) is 10.1. The fourth-order valence-corrected chi connectivity index (χ4v) is 8.14. The van der Waals surface area contributed by atoms with E-state index >= 15 is 0 Å². The van der Waals surface area contributed by atoms with Gasteiger partial charge in [-0.2, -0.15) is 0 Å². The number of hydrogen-bond acceptors (Lipinski definition) is 1. The van der Waals surface area contributed by atoms with Crippen molar-refractivity contribution in [3.8, 4) is 0 Å². The summed E-state index contributed by atoms with van der Waals surface area (Å²) < 4.78 is 0. The third-order valence-electron chi connectivity index (χ3n) is 10.5. The molecule has 246 valence electrons. The van der Waals surface area contributed by atoms with Gasteiger partial charge in [0.2, 0.25) is 0 Å². The van der Waals surface area contributed by atoms with Gasteiger partial charge >= 0.3 is 0 Å². The van der Waals surface area contributed by atoms with Gasteiger partial charge in [-0.3, -0.25) is 0 Å². The largest absolute Gasteiger partial charge is 0.377 e. The van der Waals surface area contributed by atoms with E-state index in [1.807, 2.05) is 12.2 Å². The third kappa shape index (κ3) is 7.86. The lowest BCUT2D eigenvalue weighted by atomic mass is 9.58. The van der Waals surface area contributed by atoms with Gasteiger partial charge in [-0.05, 0) is 94.2 Å². The molecule has 0 amide bonds. The molecule has 0 fully saturated rings. The predicted octanol–water partition coefficient (Wildman–Crippen LogP) is 12.5. The van der Waals surface area contributed by atoms with Crippen LogP contribution in [0, 0.1) is 11.8 Å². The molecule has 3 atom stereocenters. The van der Waals surface area contributed by atoms with Crippen LogP contribution < -0.4 is 0 Å². The molecule has 0 aliphatic heterocycles. The molecule has 0 bridgehead atoms. The fourth-order valence-electron chi connectivity index (χ4n) is 8.14. The fraction of sp³-hybridized carbons (Fsp3) is 0.422. The Kier molecular flexibility index (Phi) is 13.1. The van der Waals surface area contributed by atoms with E-state index < -0.39 is 0 Å². The molecule has 3 unspecified atom stereocenters. The Morgan fingerprint density at radius 2 is 1.59 bits per heavy atom. The van der Waals surface area contributed by atoms with Crippen molar-refractivity contribution in [2.45, 2.75) is 104 Å². The van der Waals surface area contributed by atoms with E-state index in [1.165, 1.54) is 34.3 Å². The van der Waals surface area contributed by atoms with Crippen molar-refractivity contribution < 1.29 is 0 Å². The smallest absolute Gasteiger partial charge is 0.0276 e. The van der Waals surface area contributed by atoms with Gasteiger partial charge in [0.1, 0.15) is 0 Å². The standard InChI is InChI=1S/C33H45N.C12H16/c1-10-16-17-21-25(24-34(9)26(12-3)13-4)27(14-5)32-28(20-11-2)30(15-6)33(7,8)31-23-19-18-22-29(31)32;1-9-8-12(2,3)11-7-5-4-6-10(9)11/h10-11,14-20,22-24,26,28,30H,1,5-6,12-13,21H2,2-4,7-9H3;4-7,9H,8H2,1-3H3/b17-16-,20-11-,25-24-,32-27-;. The first-order chi connectivity index (χ1) is 21.9. The molecular formula is C45H61N. The lowest BCUT2D eigenvalue weighted by Gasteiger charge is -2.45. The molecule has 0 N–H and O–H groups in total. The minimum atomic E-state index is -0.0166. The molecule has 0 radical (unpaired) electrons. The topological polar surface area (TPSA) is 3.24 Å². The van der Waals surface area contributed by atoms with Crippen molar-refractivity contribution in [2.75, 3.05) is 7.05 Å². The van der Waals surface area contributed by atoms with Gasteiger partial charge in [0.05, 0.1) is 0 Å². The van der Waals surface area contributed by atoms with Crippen molar-refractivity contribution >= 4 is 5.57 Å². The van der Waals surface area contributed by atoms with Crippen molar-refractivity contribution in [3.05, 3.63) is 150 Å². The van der Waals surface area contributed by atoms with Crippen LogP contribution in [0.15, 0.2) is 128 Å². The molecular weight excluding hydrogens is 555 g/mol. The normalized spacial score (nSPS) is 22.6. The van der Waals surface area contributed by atoms with Crippen LogP contribution in [-0.4, -0.2) is 18.0 Å². The number of benzene rings is 2. The van der Waals surface area contributed by atoms with Crippen LogP contribution in [-0.2, 0) is 10.8 Å². The number of allylic oxidation sites excluding steroid dienone is 10. The quantitative estimate of drug-likeness (QED) is 0.179. The Hall–Kier alpha value is -3.58. The van der Waals surface area contributed by atoms with Gasteiger partial charge in [0.25, 0.3) is 0 Å². The van der Waals surface area contributed by atoms with Gasteiger partial charge in [-0.25, -0.2) is 0 Å². The summed E-state index contributed by atoms with van der Waals surface area (Å²) in [4.78, 5) is 2.38. The van der Waals surface area contributed by atoms with Gasteiger partial charge in [-0.15, -0.1) is 6.58 Å². The summed E-state index contributed by atoms with van der Waals surface area (Å²) in [7, 11) is 2.20. The maximum absolute atomic E-state index is 4.32. The molecule has 2 aliphatic rings. The molecule has 0 aromatic heterocycles. The van der Waals surface area contributed by atoms with Crippen LogP contribution in [0.3, 0.4) is 0 Å². The summed E-state index contributed by atoms with van der Waals surface area (Å²) in [5.74, 6) is 1.26. The second kappa shape index (κ2) is 16.3. The molecule has 1 nitrogen and oxygen atoms in total. The van der Waals surface area contributed by atoms with E-state index in [4.69, 9.17) is 0 Å². The van der Waals surface area contributed by atoms with Gasteiger partial charge in [0.15, 0.2) is 0 Å². The maximum Gasteiger partial charge on any atom is 0.0276 e. The second-order valence-corrected chi connectivity index (χ2v) is 14.3. The Balaban J connectivity index is 0.000000396. The molecule has 4 rings (SSSR count). The number of hydrogen-bond donors (Lipinski definition) is 0. The summed E-state index contributed by atoms with van der Waals surface area (Å²) in [6.45, 7) is 30.8. The van der Waals surface area contributed by atoms with Crippen molar-refractivity contribution in [2.24, 2.45) is 11.8 Å². The number of nitrogens with zero attached hydrogens (tertiary/aromatic N) is 1. The van der Waals surface area contributed by atoms with Gasteiger partial charge in [-0.1, -0.05) is 153 Å². The highest BCUT2D eigenvalue weighted by Crippen LogP contribution is 2.52. The van der Waals surface area contributed by atoms with Crippen LogP contribution in [0.25, 0.3) is 5.57 Å². The molecule has 2 aromatic rings. The molecule has 0 saturated carbocycles. The van der Waals surface area contributed by atoms with Crippen LogP contribution in [0.4, 0.5) is 0 Å². The first-order valence-corrected chi connectivity index (χ1v) is 17.4. The first kappa shape index (κ1) is 36.9. The Morgan fingerprint density at radius 3 is 2.15 bits per heavy atom. The Labute approximate surface area is 282 Å². The molecule has 0 spiro atoms. The van der Waals surface area contributed by atoms with E-state index in [0.29, 0.717) is 11.5 Å². The minimum Gasteiger partial charge on any atom is -0.377 e. The van der Waals surface area contributed by atoms with E-state index in [9.17, 15) is 0 Å². The molecule has 0 heterocycles. The van der Waals surface area contributed by atoms with Crippen LogP contribution >= 0.6 is 0 Å². The summed E-state index contributed by atoms with van der Waals surface area (Å²) >= 11 is 0. The lowest BCUT2D eigenvalue weighted by Crippen LogP contribution is -2.38. The van der Waals surface area contributed by atoms with Crippen molar-refractivity contribution in [1.29, 1.82) is 0 Å². The van der Waals surface area contributed by atoms with E-state index in [-0.39, 0.29) is 17.3 Å². The zero-order chi connectivity index (χ0) is 34.1. The monoisotopic (exact) mass is 615 g/mol. The van der Waals surface area contributed by atoms with Crippen molar-refractivity contribution in [3.63, 3.8) is 0 Å². The average Bonchev–Trinajstić information content (AvgIpc) is 3.27.